The number of quaternary nitrogens is 1. The van der Waals surface area contributed by atoms with Gasteiger partial charge in [0.15, 0.2) is 5.43 Å². The van der Waals surface area contributed by atoms with E-state index in [-0.39, 0.29) is 35.6 Å². The van der Waals surface area contributed by atoms with Gasteiger partial charge < -0.3 is 36.4 Å². The molecule has 8 heteroatoms. The molecule has 186 valence electrons. The largest absolute Gasteiger partial charge is 1.00 e. The van der Waals surface area contributed by atoms with Crippen LogP contribution < -0.4 is 27.1 Å². The molecule has 5 nitrogen and oxygen atoms in total. The van der Waals surface area contributed by atoms with Gasteiger partial charge in [-0.25, -0.2) is 0 Å². The Hall–Kier alpha value is -2.00. The second-order valence-electron chi connectivity index (χ2n) is 8.48. The number of nitrogens with zero attached hydrogens (tertiary/aromatic N) is 1. The number of halogens is 2. The zero-order valence-corrected chi connectivity index (χ0v) is 22.5. The third-order valence-corrected chi connectivity index (χ3v) is 7.69. The topological polar surface area (TPSA) is 66.8 Å². The van der Waals surface area contributed by atoms with Gasteiger partial charge in [-0.2, -0.15) is 0 Å². The summed E-state index contributed by atoms with van der Waals surface area (Å²) >= 11 is 7.91. The molecular formula is C27H29BrClNO4S. The molecule has 0 aliphatic heterocycles. The third kappa shape index (κ3) is 6.42. The molecule has 0 saturated heterocycles. The van der Waals surface area contributed by atoms with Gasteiger partial charge in [0.25, 0.3) is 0 Å². The molecule has 0 radical (unpaired) electrons. The molecule has 0 unspecified atom stereocenters. The van der Waals surface area contributed by atoms with Gasteiger partial charge in [0.2, 0.25) is 0 Å². The van der Waals surface area contributed by atoms with E-state index in [2.05, 4.69) is 12.1 Å². The van der Waals surface area contributed by atoms with Gasteiger partial charge in [-0.15, -0.1) is 11.3 Å². The lowest BCUT2D eigenvalue weighted by atomic mass is 10.1. The number of aliphatic hydroxyl groups is 2. The van der Waals surface area contributed by atoms with Gasteiger partial charge in [0.05, 0.1) is 41.5 Å². The lowest BCUT2D eigenvalue weighted by Gasteiger charge is -2.38. The number of hydrogen-bond donors (Lipinski definition) is 2. The van der Waals surface area contributed by atoms with Crippen molar-refractivity contribution in [3.8, 4) is 5.75 Å². The van der Waals surface area contributed by atoms with E-state index in [9.17, 15) is 15.0 Å². The predicted octanol–water partition coefficient (Wildman–Crippen LogP) is 1.84. The number of rotatable bonds is 11. The van der Waals surface area contributed by atoms with Crippen molar-refractivity contribution >= 4 is 43.1 Å². The highest BCUT2D eigenvalue weighted by molar-refractivity contribution is 7.25. The summed E-state index contributed by atoms with van der Waals surface area (Å²) in [6.45, 7) is 3.17. The summed E-state index contributed by atoms with van der Waals surface area (Å²) in [6.07, 6.45) is 0.736. The van der Waals surface area contributed by atoms with E-state index in [1.807, 2.05) is 48.5 Å². The molecule has 0 aliphatic carbocycles. The van der Waals surface area contributed by atoms with Crippen LogP contribution in [0, 0.1) is 0 Å². The van der Waals surface area contributed by atoms with Crippen LogP contribution in [0.1, 0.15) is 12.0 Å². The first-order valence-corrected chi connectivity index (χ1v) is 12.6. The quantitative estimate of drug-likeness (QED) is 0.162. The average Bonchev–Trinajstić information content (AvgIpc) is 2.84. The normalized spacial score (nSPS) is 11.5. The first-order valence-electron chi connectivity index (χ1n) is 11.4. The molecule has 0 bridgehead atoms. The number of ether oxygens (including phenoxy) is 1. The van der Waals surface area contributed by atoms with E-state index in [0.29, 0.717) is 45.7 Å². The van der Waals surface area contributed by atoms with Crippen molar-refractivity contribution < 1.29 is 36.4 Å². The summed E-state index contributed by atoms with van der Waals surface area (Å²) in [4.78, 5) is 13.1. The lowest BCUT2D eigenvalue weighted by molar-refractivity contribution is -0.941. The maximum Gasteiger partial charge on any atom is 0.197 e. The molecule has 0 spiro atoms. The fraction of sp³-hybridized carbons (Fsp3) is 0.296. The Morgan fingerprint density at radius 3 is 2.29 bits per heavy atom. The Morgan fingerprint density at radius 1 is 0.886 bits per heavy atom. The highest BCUT2D eigenvalue weighted by atomic mass is 79.9. The summed E-state index contributed by atoms with van der Waals surface area (Å²) in [7, 11) is 0. The zero-order chi connectivity index (χ0) is 24.0. The SMILES string of the molecule is O=c1c2ccccc2sc2c(OCCC[N+](CCO)(CCO)Cc3ccccc3)ccc(Cl)c12.[Br-]. The number of aliphatic hydroxyl groups excluding tert-OH is 2. The number of fused-ring (bicyclic) bond motifs is 2. The molecule has 4 rings (SSSR count). The van der Waals surface area contributed by atoms with Gasteiger partial charge in [-0.1, -0.05) is 54.1 Å². The van der Waals surface area contributed by atoms with Gasteiger partial charge in [0, 0.05) is 22.1 Å². The molecule has 1 aromatic heterocycles. The second kappa shape index (κ2) is 12.8. The number of hydrogen-bond acceptors (Lipinski definition) is 5. The zero-order valence-electron chi connectivity index (χ0n) is 19.3. The Morgan fingerprint density at radius 2 is 1.57 bits per heavy atom. The minimum absolute atomic E-state index is 0. The Balaban J connectivity index is 0.00000342. The standard InChI is InChI=1S/C27H29ClNO4S.BrH/c28-22-11-12-23(27-25(22)26(32)21-9-4-5-10-24(21)34-27)33-18-6-13-29(14-16-30,15-17-31)19-20-7-2-1-3-8-20;/h1-5,7-12,30-31H,6,13-19H2;1H/q+1;/p-1. The van der Waals surface area contributed by atoms with Crippen molar-refractivity contribution in [1.29, 1.82) is 0 Å². The van der Waals surface area contributed by atoms with Crippen LogP contribution in [-0.4, -0.2) is 54.2 Å². The van der Waals surface area contributed by atoms with E-state index in [1.54, 1.807) is 6.07 Å². The minimum atomic E-state index is -0.0794. The molecule has 0 saturated carbocycles. The van der Waals surface area contributed by atoms with E-state index in [0.717, 1.165) is 28.9 Å². The van der Waals surface area contributed by atoms with Crippen LogP contribution in [0.4, 0.5) is 0 Å². The van der Waals surface area contributed by atoms with Crippen molar-refractivity contribution in [3.05, 3.63) is 87.5 Å². The smallest absolute Gasteiger partial charge is 0.197 e. The maximum absolute atomic E-state index is 13.1. The first-order chi connectivity index (χ1) is 16.6. The Labute approximate surface area is 224 Å². The fourth-order valence-corrected chi connectivity index (χ4v) is 5.97. The van der Waals surface area contributed by atoms with Gasteiger partial charge in [-0.05, 0) is 24.3 Å². The average molecular weight is 579 g/mol. The lowest BCUT2D eigenvalue weighted by Crippen LogP contribution is -3.00. The van der Waals surface area contributed by atoms with Gasteiger partial charge in [-0.3, -0.25) is 4.79 Å². The summed E-state index contributed by atoms with van der Waals surface area (Å²) in [5, 5.41) is 21.0. The molecule has 0 aliphatic rings. The summed E-state index contributed by atoms with van der Waals surface area (Å²) in [5.41, 5.74) is 1.09. The maximum atomic E-state index is 13.1. The fourth-order valence-electron chi connectivity index (χ4n) is 4.50. The van der Waals surface area contributed by atoms with Crippen LogP contribution in [0.25, 0.3) is 20.2 Å². The van der Waals surface area contributed by atoms with Crippen LogP contribution in [0.3, 0.4) is 0 Å². The number of benzene rings is 3. The Bertz CT molecular complexity index is 1310. The van der Waals surface area contributed by atoms with Crippen LogP contribution in [0.5, 0.6) is 5.75 Å². The predicted molar refractivity (Wildman–Crippen MR) is 140 cm³/mol. The summed E-state index contributed by atoms with van der Waals surface area (Å²) in [6, 6.07) is 21.2. The molecule has 35 heavy (non-hydrogen) atoms. The van der Waals surface area contributed by atoms with E-state index in [4.69, 9.17) is 16.3 Å². The van der Waals surface area contributed by atoms with E-state index in [1.165, 1.54) is 16.9 Å². The summed E-state index contributed by atoms with van der Waals surface area (Å²) in [5.74, 6) is 0.651. The van der Waals surface area contributed by atoms with Crippen molar-refractivity contribution in [2.75, 3.05) is 39.5 Å². The molecule has 0 amide bonds. The summed E-state index contributed by atoms with van der Waals surface area (Å²) < 4.78 is 8.40. The van der Waals surface area contributed by atoms with Crippen molar-refractivity contribution in [1.82, 2.24) is 0 Å². The Kier molecular flexibility index (Phi) is 10.1. The highest BCUT2D eigenvalue weighted by Gasteiger charge is 2.26. The van der Waals surface area contributed by atoms with Crippen molar-refractivity contribution in [2.24, 2.45) is 0 Å². The third-order valence-electron chi connectivity index (χ3n) is 6.19. The first kappa shape index (κ1) is 27.6. The highest BCUT2D eigenvalue weighted by Crippen LogP contribution is 2.35. The molecule has 0 atom stereocenters. The van der Waals surface area contributed by atoms with Crippen LogP contribution in [0.2, 0.25) is 5.02 Å². The van der Waals surface area contributed by atoms with E-state index >= 15 is 0 Å². The van der Waals surface area contributed by atoms with Crippen LogP contribution in [0.15, 0.2) is 71.5 Å². The second-order valence-corrected chi connectivity index (χ2v) is 9.94. The minimum Gasteiger partial charge on any atom is -1.00 e. The molecule has 4 aromatic rings. The van der Waals surface area contributed by atoms with Crippen molar-refractivity contribution in [3.63, 3.8) is 0 Å². The van der Waals surface area contributed by atoms with Crippen molar-refractivity contribution in [2.45, 2.75) is 13.0 Å². The van der Waals surface area contributed by atoms with Gasteiger partial charge in [0.1, 0.15) is 25.4 Å². The molecular weight excluding hydrogens is 550 g/mol. The molecule has 0 fully saturated rings. The molecule has 1 heterocycles. The monoisotopic (exact) mass is 577 g/mol. The van der Waals surface area contributed by atoms with Crippen LogP contribution >= 0.6 is 22.9 Å². The molecule has 3 aromatic carbocycles. The molecule has 2 N–H and O–H groups in total. The van der Waals surface area contributed by atoms with Crippen LogP contribution in [-0.2, 0) is 6.54 Å². The van der Waals surface area contributed by atoms with E-state index < -0.39 is 0 Å². The van der Waals surface area contributed by atoms with Gasteiger partial charge >= 0.3 is 0 Å².